The van der Waals surface area contributed by atoms with Crippen LogP contribution in [-0.4, -0.2) is 27.4 Å². The molecular weight excluding hydrogens is 208 g/mol. The average molecular weight is 220 g/mol. The van der Waals surface area contributed by atoms with Gasteiger partial charge in [-0.25, -0.2) is 4.98 Å². The Kier molecular flexibility index (Phi) is 2.85. The smallest absolute Gasteiger partial charge is 0.303 e. The first-order valence-electron chi connectivity index (χ1n) is 5.07. The van der Waals surface area contributed by atoms with Gasteiger partial charge in [0.2, 0.25) is 0 Å². The molecule has 1 aromatic rings. The third kappa shape index (κ3) is 2.18. The van der Waals surface area contributed by atoms with Crippen molar-refractivity contribution in [3.05, 3.63) is 24.8 Å². The molecule has 84 valence electrons. The normalized spacial score (nSPS) is 20.4. The van der Waals surface area contributed by atoms with Crippen LogP contribution in [0.3, 0.4) is 0 Å². The molecule has 2 rings (SSSR count). The van der Waals surface area contributed by atoms with Crippen molar-refractivity contribution in [1.82, 2.24) is 9.55 Å². The molecule has 0 bridgehead atoms. The van der Waals surface area contributed by atoms with Crippen LogP contribution in [0.15, 0.2) is 24.8 Å². The maximum absolute atomic E-state index is 11.6. The molecule has 5 heteroatoms. The topological polar surface area (TPSA) is 61.2 Å². The molecule has 1 aromatic heterocycles. The van der Waals surface area contributed by atoms with Gasteiger partial charge in [0.15, 0.2) is 11.9 Å². The van der Waals surface area contributed by atoms with Crippen molar-refractivity contribution >= 4 is 17.4 Å². The highest BCUT2D eigenvalue weighted by Gasteiger charge is 2.25. The molecule has 16 heavy (non-hydrogen) atoms. The quantitative estimate of drug-likeness (QED) is 0.698. The summed E-state index contributed by atoms with van der Waals surface area (Å²) >= 11 is 0. The molecule has 0 N–H and O–H groups in total. The van der Waals surface area contributed by atoms with E-state index in [0.717, 1.165) is 5.70 Å². The summed E-state index contributed by atoms with van der Waals surface area (Å²) in [6, 6.07) is 0. The van der Waals surface area contributed by atoms with E-state index in [1.807, 2.05) is 0 Å². The lowest BCUT2D eigenvalue weighted by Gasteiger charge is -2.20. The minimum atomic E-state index is -0.621. The van der Waals surface area contributed by atoms with Crippen LogP contribution >= 0.6 is 0 Å². The van der Waals surface area contributed by atoms with Crippen molar-refractivity contribution in [2.45, 2.75) is 25.9 Å². The Morgan fingerprint density at radius 3 is 3.00 bits per heavy atom. The maximum atomic E-state index is 11.6. The summed E-state index contributed by atoms with van der Waals surface area (Å²) in [6.45, 7) is 1.31. The molecule has 0 aliphatic heterocycles. The van der Waals surface area contributed by atoms with E-state index in [4.69, 9.17) is 4.74 Å². The third-order valence-corrected chi connectivity index (χ3v) is 2.43. The number of hydrogen-bond donors (Lipinski definition) is 0. The summed E-state index contributed by atoms with van der Waals surface area (Å²) in [5.41, 5.74) is 0.880. The summed E-state index contributed by atoms with van der Waals surface area (Å²) in [7, 11) is 0. The third-order valence-electron chi connectivity index (χ3n) is 2.43. The molecule has 0 aromatic carbocycles. The number of hydrogen-bond acceptors (Lipinski definition) is 4. The summed E-state index contributed by atoms with van der Waals surface area (Å²) in [5.74, 6) is -0.581. The van der Waals surface area contributed by atoms with Crippen molar-refractivity contribution in [2.24, 2.45) is 0 Å². The van der Waals surface area contributed by atoms with Gasteiger partial charge >= 0.3 is 5.97 Å². The number of aromatic nitrogens is 2. The van der Waals surface area contributed by atoms with Crippen molar-refractivity contribution < 1.29 is 14.3 Å². The van der Waals surface area contributed by atoms with Crippen molar-refractivity contribution in [3.8, 4) is 0 Å². The lowest BCUT2D eigenvalue weighted by Crippen LogP contribution is -2.28. The summed E-state index contributed by atoms with van der Waals surface area (Å²) < 4.78 is 6.70. The van der Waals surface area contributed by atoms with Gasteiger partial charge in [-0.15, -0.1) is 0 Å². The first kappa shape index (κ1) is 10.6. The predicted octanol–water partition coefficient (Wildman–Crippen LogP) is 1.02. The molecule has 0 saturated carbocycles. The lowest BCUT2D eigenvalue weighted by atomic mass is 10.0. The Bertz CT molecular complexity index is 434. The van der Waals surface area contributed by atoms with Gasteiger partial charge in [0, 0.05) is 31.1 Å². The number of carbonyl (C=O) groups excluding carboxylic acids is 2. The minimum Gasteiger partial charge on any atom is -0.454 e. The van der Waals surface area contributed by atoms with Crippen LogP contribution in [0.2, 0.25) is 0 Å². The monoisotopic (exact) mass is 220 g/mol. The van der Waals surface area contributed by atoms with Crippen LogP contribution in [0.25, 0.3) is 5.70 Å². The Labute approximate surface area is 92.7 Å². The van der Waals surface area contributed by atoms with Crippen molar-refractivity contribution in [3.63, 3.8) is 0 Å². The fourth-order valence-corrected chi connectivity index (χ4v) is 1.70. The van der Waals surface area contributed by atoms with Crippen molar-refractivity contribution in [1.29, 1.82) is 0 Å². The van der Waals surface area contributed by atoms with E-state index in [2.05, 4.69) is 4.98 Å². The number of nitrogens with zero attached hydrogens (tertiary/aromatic N) is 2. The van der Waals surface area contributed by atoms with Gasteiger partial charge in [0.25, 0.3) is 0 Å². The Morgan fingerprint density at radius 1 is 1.62 bits per heavy atom. The summed E-state index contributed by atoms with van der Waals surface area (Å²) in [5, 5.41) is 0. The first-order chi connectivity index (χ1) is 7.66. The highest BCUT2D eigenvalue weighted by molar-refractivity contribution is 5.99. The van der Waals surface area contributed by atoms with Crippen LogP contribution < -0.4 is 0 Å². The molecule has 1 aliphatic rings. The second-order valence-electron chi connectivity index (χ2n) is 3.64. The zero-order valence-electron chi connectivity index (χ0n) is 8.92. The van der Waals surface area contributed by atoms with E-state index in [9.17, 15) is 9.59 Å². The van der Waals surface area contributed by atoms with E-state index in [-0.39, 0.29) is 5.78 Å². The molecule has 1 heterocycles. The van der Waals surface area contributed by atoms with E-state index in [0.29, 0.717) is 12.8 Å². The van der Waals surface area contributed by atoms with Gasteiger partial charge in [-0.1, -0.05) is 0 Å². The Balaban J connectivity index is 2.12. The minimum absolute atomic E-state index is 0.162. The van der Waals surface area contributed by atoms with Gasteiger partial charge in [-0.2, -0.15) is 0 Å². The molecule has 1 aliphatic carbocycles. The molecule has 0 amide bonds. The maximum Gasteiger partial charge on any atom is 0.303 e. The average Bonchev–Trinajstić information content (AvgIpc) is 2.73. The Hall–Kier alpha value is -1.91. The number of ether oxygens (including phenoxy) is 1. The second-order valence-corrected chi connectivity index (χ2v) is 3.64. The zero-order chi connectivity index (χ0) is 11.5. The van der Waals surface area contributed by atoms with Gasteiger partial charge in [-0.3, -0.25) is 9.59 Å². The zero-order valence-corrected chi connectivity index (χ0v) is 8.92. The molecule has 1 atom stereocenters. The van der Waals surface area contributed by atoms with Crippen LogP contribution in [0.5, 0.6) is 0 Å². The largest absolute Gasteiger partial charge is 0.454 e. The number of rotatable bonds is 2. The fraction of sp³-hybridized carbons (Fsp3) is 0.364. The molecule has 0 radical (unpaired) electrons. The fourth-order valence-electron chi connectivity index (χ4n) is 1.70. The van der Waals surface area contributed by atoms with E-state index >= 15 is 0 Å². The highest BCUT2D eigenvalue weighted by Crippen LogP contribution is 2.21. The van der Waals surface area contributed by atoms with Crippen molar-refractivity contribution in [2.75, 3.05) is 0 Å². The van der Waals surface area contributed by atoms with Gasteiger partial charge in [0.1, 0.15) is 0 Å². The van der Waals surface area contributed by atoms with Crippen LogP contribution in [0.4, 0.5) is 0 Å². The van der Waals surface area contributed by atoms with Gasteiger partial charge in [0.05, 0.1) is 6.33 Å². The molecule has 0 saturated heterocycles. The van der Waals surface area contributed by atoms with E-state index in [1.54, 1.807) is 23.3 Å². The van der Waals surface area contributed by atoms with Gasteiger partial charge < -0.3 is 9.30 Å². The molecular formula is C11H12N2O3. The van der Waals surface area contributed by atoms with E-state index in [1.165, 1.54) is 13.0 Å². The molecule has 5 nitrogen and oxygen atoms in total. The standard InChI is InChI=1S/C11H12N2O3/c1-8(14)16-11-3-2-9(6-10(11)15)13-5-4-12-7-13/h4-7,11H,2-3H2,1H3. The number of imidazole rings is 1. The number of allylic oxidation sites excluding steroid dienone is 1. The highest BCUT2D eigenvalue weighted by atomic mass is 16.5. The first-order valence-corrected chi connectivity index (χ1v) is 5.07. The summed E-state index contributed by atoms with van der Waals surface area (Å²) in [4.78, 5) is 26.3. The number of carbonyl (C=O) groups is 2. The second kappa shape index (κ2) is 4.30. The van der Waals surface area contributed by atoms with Crippen LogP contribution in [0.1, 0.15) is 19.8 Å². The predicted molar refractivity (Wildman–Crippen MR) is 56.3 cm³/mol. The molecule has 0 fully saturated rings. The number of ketones is 1. The lowest BCUT2D eigenvalue weighted by molar-refractivity contribution is -0.151. The Morgan fingerprint density at radius 2 is 2.44 bits per heavy atom. The van der Waals surface area contributed by atoms with Gasteiger partial charge in [-0.05, 0) is 12.8 Å². The van der Waals surface area contributed by atoms with Crippen LogP contribution in [0, 0.1) is 0 Å². The SMILES string of the molecule is CC(=O)OC1CCC(n2ccnc2)=CC1=O. The summed E-state index contributed by atoms with van der Waals surface area (Å²) in [6.07, 6.45) is 7.20. The van der Waals surface area contributed by atoms with Crippen LogP contribution in [-0.2, 0) is 14.3 Å². The van der Waals surface area contributed by atoms with E-state index < -0.39 is 12.1 Å². The molecule has 0 spiro atoms. The number of esters is 1. The molecule has 1 unspecified atom stereocenters.